The fourth-order valence-corrected chi connectivity index (χ4v) is 4.48. The van der Waals surface area contributed by atoms with Crippen LogP contribution in [-0.4, -0.2) is 36.5 Å². The Morgan fingerprint density at radius 1 is 1.41 bits per heavy atom. The Kier molecular flexibility index (Phi) is 2.89. The third-order valence-corrected chi connectivity index (χ3v) is 5.67. The van der Waals surface area contributed by atoms with Crippen LogP contribution in [0.4, 0.5) is 0 Å². The van der Waals surface area contributed by atoms with Crippen LogP contribution in [-0.2, 0) is 16.6 Å². The highest BCUT2D eigenvalue weighted by Gasteiger charge is 2.49. The molecule has 0 saturated heterocycles. The second-order valence-corrected chi connectivity index (χ2v) is 6.78. The van der Waals surface area contributed by atoms with Crippen LogP contribution >= 0.6 is 0 Å². The van der Waals surface area contributed by atoms with Gasteiger partial charge in [0.25, 0.3) is 0 Å². The molecule has 1 aliphatic heterocycles. The molecule has 116 valence electrons. The number of aromatic hydroxyl groups is 1. The molecule has 0 amide bonds. The molecule has 0 fully saturated rings. The van der Waals surface area contributed by atoms with Crippen molar-refractivity contribution in [3.63, 3.8) is 0 Å². The first-order valence-electron chi connectivity index (χ1n) is 7.91. The smallest absolute Gasteiger partial charge is 0.162 e. The highest BCUT2D eigenvalue weighted by molar-refractivity contribution is 5.91. The number of benzene rings is 1. The molecule has 2 aliphatic carbocycles. The first-order valence-corrected chi connectivity index (χ1v) is 7.91. The summed E-state index contributed by atoms with van der Waals surface area (Å²) in [6, 6.07) is 2.32. The monoisotopic (exact) mass is 299 g/mol. The molecule has 0 aromatic heterocycles. The summed E-state index contributed by atoms with van der Waals surface area (Å²) in [6.07, 6.45) is 6.98. The molecule has 4 rings (SSSR count). The number of ketones is 1. The Bertz CT molecular complexity index is 694. The molecule has 2 atom stereocenters. The number of fused-ring (bicyclic) bond motifs is 1. The normalized spacial score (nSPS) is 29.9. The summed E-state index contributed by atoms with van der Waals surface area (Å²) in [4.78, 5) is 14.0. The number of rotatable bonds is 1. The van der Waals surface area contributed by atoms with Crippen molar-refractivity contribution >= 4 is 5.78 Å². The number of ether oxygens (including phenoxy) is 1. The zero-order chi connectivity index (χ0) is 15.5. The van der Waals surface area contributed by atoms with Crippen molar-refractivity contribution in [3.8, 4) is 11.5 Å². The van der Waals surface area contributed by atoms with Gasteiger partial charge in [0.1, 0.15) is 0 Å². The van der Waals surface area contributed by atoms with E-state index in [0.717, 1.165) is 31.4 Å². The molecule has 1 heterocycles. The van der Waals surface area contributed by atoms with E-state index < -0.39 is 0 Å². The van der Waals surface area contributed by atoms with Gasteiger partial charge in [0.2, 0.25) is 0 Å². The maximum absolute atomic E-state index is 11.6. The van der Waals surface area contributed by atoms with Crippen molar-refractivity contribution in [2.45, 2.75) is 37.1 Å². The van der Waals surface area contributed by atoms with Gasteiger partial charge in [0.05, 0.1) is 7.11 Å². The predicted molar refractivity (Wildman–Crippen MR) is 83.4 cm³/mol. The lowest BCUT2D eigenvalue weighted by molar-refractivity contribution is -0.115. The minimum absolute atomic E-state index is 0.182. The van der Waals surface area contributed by atoms with Crippen molar-refractivity contribution in [1.82, 2.24) is 4.90 Å². The molecule has 1 aromatic carbocycles. The highest BCUT2D eigenvalue weighted by Crippen LogP contribution is 2.58. The number of methoxy groups -OCH3 is 1. The zero-order valence-electron chi connectivity index (χ0n) is 13.1. The number of allylic oxidation sites excluding steroid dienone is 2. The third kappa shape index (κ3) is 1.70. The van der Waals surface area contributed by atoms with Crippen LogP contribution in [0.15, 0.2) is 18.2 Å². The number of hydrogen-bond acceptors (Lipinski definition) is 4. The lowest BCUT2D eigenvalue weighted by atomic mass is 9.73. The van der Waals surface area contributed by atoms with E-state index in [1.165, 1.54) is 11.1 Å². The number of carbonyl (C=O) groups excluding carboxylic acids is 1. The van der Waals surface area contributed by atoms with Gasteiger partial charge in [-0.15, -0.1) is 0 Å². The van der Waals surface area contributed by atoms with Gasteiger partial charge in [-0.3, -0.25) is 9.69 Å². The van der Waals surface area contributed by atoms with Crippen molar-refractivity contribution < 1.29 is 14.6 Å². The Hall–Kier alpha value is -1.81. The van der Waals surface area contributed by atoms with Gasteiger partial charge in [-0.2, -0.15) is 0 Å². The third-order valence-electron chi connectivity index (χ3n) is 5.67. The van der Waals surface area contributed by atoms with E-state index in [1.807, 2.05) is 12.1 Å². The molecule has 0 bridgehead atoms. The van der Waals surface area contributed by atoms with Crippen LogP contribution < -0.4 is 4.74 Å². The average Bonchev–Trinajstić information content (AvgIpc) is 2.86. The average molecular weight is 299 g/mol. The standard InChI is InChI=1S/C18H21NO3/c1-19-8-5-11-9-14(22-2)17(21)16-15(11)13(19)10-18(16)6-3-12(20)4-7-18/h3,6,9,13,21H,4-5,7-8,10H2,1-2H3. The largest absolute Gasteiger partial charge is 0.504 e. The van der Waals surface area contributed by atoms with Gasteiger partial charge in [-0.25, -0.2) is 0 Å². The topological polar surface area (TPSA) is 49.8 Å². The molecule has 1 spiro atoms. The number of hydrogen-bond donors (Lipinski definition) is 1. The van der Waals surface area contributed by atoms with Crippen molar-refractivity contribution in [3.05, 3.63) is 34.9 Å². The van der Waals surface area contributed by atoms with Gasteiger partial charge in [-0.1, -0.05) is 6.08 Å². The summed E-state index contributed by atoms with van der Waals surface area (Å²) in [5.74, 6) is 1.00. The van der Waals surface area contributed by atoms with E-state index in [0.29, 0.717) is 18.2 Å². The van der Waals surface area contributed by atoms with E-state index in [9.17, 15) is 9.90 Å². The summed E-state index contributed by atoms with van der Waals surface area (Å²) >= 11 is 0. The van der Waals surface area contributed by atoms with Crippen molar-refractivity contribution in [2.75, 3.05) is 20.7 Å². The number of nitrogens with zero attached hydrogens (tertiary/aromatic N) is 1. The SMILES string of the molecule is COc1cc2c3c(c1O)C1(C=CC(=O)CC1)CC3N(C)CC2. The molecular formula is C18H21NO3. The van der Waals surface area contributed by atoms with E-state index in [1.54, 1.807) is 13.2 Å². The first-order chi connectivity index (χ1) is 10.6. The van der Waals surface area contributed by atoms with Crippen LogP contribution in [0, 0.1) is 0 Å². The van der Waals surface area contributed by atoms with Crippen LogP contribution in [0.2, 0.25) is 0 Å². The summed E-state index contributed by atoms with van der Waals surface area (Å²) < 4.78 is 5.40. The number of phenolic OH excluding ortho intramolecular Hbond substituents is 1. The van der Waals surface area contributed by atoms with E-state index in [4.69, 9.17) is 4.74 Å². The maximum atomic E-state index is 11.6. The summed E-state index contributed by atoms with van der Waals surface area (Å²) in [7, 11) is 3.75. The second kappa shape index (κ2) is 4.59. The van der Waals surface area contributed by atoms with E-state index in [-0.39, 0.29) is 16.9 Å². The van der Waals surface area contributed by atoms with E-state index in [2.05, 4.69) is 11.9 Å². The van der Waals surface area contributed by atoms with Crippen LogP contribution in [0.1, 0.15) is 42.0 Å². The molecule has 0 saturated carbocycles. The van der Waals surface area contributed by atoms with Gasteiger partial charge < -0.3 is 9.84 Å². The second-order valence-electron chi connectivity index (χ2n) is 6.78. The Balaban J connectivity index is 1.98. The molecule has 1 aromatic rings. The van der Waals surface area contributed by atoms with Crippen LogP contribution in [0.3, 0.4) is 0 Å². The van der Waals surface area contributed by atoms with Crippen molar-refractivity contribution in [2.24, 2.45) is 0 Å². The molecule has 0 radical (unpaired) electrons. The lowest BCUT2D eigenvalue weighted by Crippen LogP contribution is -2.31. The van der Waals surface area contributed by atoms with Crippen LogP contribution in [0.5, 0.6) is 11.5 Å². The minimum atomic E-state index is -0.222. The van der Waals surface area contributed by atoms with E-state index >= 15 is 0 Å². The number of phenols is 1. The Morgan fingerprint density at radius 3 is 2.91 bits per heavy atom. The van der Waals surface area contributed by atoms with Crippen molar-refractivity contribution in [1.29, 1.82) is 0 Å². The zero-order valence-corrected chi connectivity index (χ0v) is 13.1. The highest BCUT2D eigenvalue weighted by atomic mass is 16.5. The fraction of sp³-hybridized carbons (Fsp3) is 0.500. The number of likely N-dealkylation sites (N-methyl/N-ethyl adjacent to an activating group) is 1. The summed E-state index contributed by atoms with van der Waals surface area (Å²) in [5.41, 5.74) is 3.34. The first kappa shape index (κ1) is 13.8. The number of carbonyl (C=O) groups is 1. The predicted octanol–water partition coefficient (Wildman–Crippen LogP) is 2.49. The molecular weight excluding hydrogens is 278 g/mol. The molecule has 3 aliphatic rings. The minimum Gasteiger partial charge on any atom is -0.504 e. The molecule has 2 unspecified atom stereocenters. The van der Waals surface area contributed by atoms with Gasteiger partial charge >= 0.3 is 0 Å². The summed E-state index contributed by atoms with van der Waals surface area (Å²) in [6.45, 7) is 1.02. The lowest BCUT2D eigenvalue weighted by Gasteiger charge is -2.32. The molecule has 1 N–H and O–H groups in total. The Morgan fingerprint density at radius 2 is 2.23 bits per heavy atom. The maximum Gasteiger partial charge on any atom is 0.162 e. The fourth-order valence-electron chi connectivity index (χ4n) is 4.48. The van der Waals surface area contributed by atoms with Gasteiger partial charge in [-0.05, 0) is 49.6 Å². The Labute approximate surface area is 130 Å². The molecule has 4 nitrogen and oxygen atoms in total. The van der Waals surface area contributed by atoms with Gasteiger partial charge in [0.15, 0.2) is 17.3 Å². The quantitative estimate of drug-likeness (QED) is 0.865. The molecule has 22 heavy (non-hydrogen) atoms. The summed E-state index contributed by atoms with van der Waals surface area (Å²) in [5, 5.41) is 10.8. The molecule has 4 heteroatoms. The van der Waals surface area contributed by atoms with Crippen LogP contribution in [0.25, 0.3) is 0 Å². The van der Waals surface area contributed by atoms with Gasteiger partial charge in [0, 0.05) is 30.0 Å².